The number of likely N-dealkylation sites (N-methyl/N-ethyl adjacent to an activating group) is 1. The van der Waals surface area contributed by atoms with E-state index >= 15 is 0 Å². The van der Waals surface area contributed by atoms with Gasteiger partial charge in [0.15, 0.2) is 0 Å². The first kappa shape index (κ1) is 19.8. The van der Waals surface area contributed by atoms with Crippen molar-refractivity contribution in [2.24, 2.45) is 4.99 Å². The van der Waals surface area contributed by atoms with E-state index in [9.17, 15) is 9.59 Å². The Morgan fingerprint density at radius 3 is 2.37 bits per heavy atom. The molecule has 0 aliphatic carbocycles. The van der Waals surface area contributed by atoms with Gasteiger partial charge in [0, 0.05) is 28.3 Å². The van der Waals surface area contributed by atoms with Crippen molar-refractivity contribution in [2.75, 3.05) is 17.3 Å². The van der Waals surface area contributed by atoms with Crippen molar-refractivity contribution in [1.29, 1.82) is 0 Å². The lowest BCUT2D eigenvalue weighted by atomic mass is 10.0. The number of aliphatic imine (C=N–C) groups is 1. The number of benzene rings is 3. The second-order valence-corrected chi connectivity index (χ2v) is 7.68. The van der Waals surface area contributed by atoms with Gasteiger partial charge in [-0.15, -0.1) is 0 Å². The molecule has 3 aromatic rings. The van der Waals surface area contributed by atoms with Gasteiger partial charge in [0.25, 0.3) is 5.91 Å². The number of halogens is 1. The van der Waals surface area contributed by atoms with E-state index in [0.717, 1.165) is 21.3 Å². The second-order valence-electron chi connectivity index (χ2n) is 6.77. The zero-order chi connectivity index (χ0) is 21.1. The fourth-order valence-electron chi connectivity index (χ4n) is 3.27. The van der Waals surface area contributed by atoms with E-state index in [1.165, 1.54) is 4.90 Å². The van der Waals surface area contributed by atoms with Gasteiger partial charge in [-0.05, 0) is 30.3 Å². The number of fused-ring (bicyclic) bond motifs is 1. The Bertz CT molecular complexity index is 1110. The van der Waals surface area contributed by atoms with Crippen LogP contribution in [0, 0.1) is 0 Å². The monoisotopic (exact) mass is 462 g/mol. The minimum absolute atomic E-state index is 0.320. The maximum atomic E-state index is 13.1. The second kappa shape index (κ2) is 8.51. The van der Waals surface area contributed by atoms with E-state index < -0.39 is 12.2 Å². The third-order valence-corrected chi connectivity index (χ3v) is 5.29. The minimum atomic E-state index is -1.06. The summed E-state index contributed by atoms with van der Waals surface area (Å²) in [6.07, 6.45) is -1.06. The standard InChI is InChI=1S/C23H19BrN4O2/c1-28-19-10-6-5-9-18(19)20(15-7-3-2-4-8-15)26-21(22(28)29)27-23(30)25-17-13-11-16(24)12-14-17/h2-14,21H,1H3,(H2,25,27,30)/t21-/m1/s1. The molecule has 0 aromatic heterocycles. The van der Waals surface area contributed by atoms with E-state index in [0.29, 0.717) is 11.4 Å². The van der Waals surface area contributed by atoms with Gasteiger partial charge in [-0.3, -0.25) is 4.79 Å². The molecule has 0 saturated heterocycles. The highest BCUT2D eigenvalue weighted by molar-refractivity contribution is 9.10. The summed E-state index contributed by atoms with van der Waals surface area (Å²) < 4.78 is 0.906. The number of nitrogens with one attached hydrogen (secondary N) is 2. The van der Waals surface area contributed by atoms with Crippen LogP contribution in [0.25, 0.3) is 0 Å². The van der Waals surface area contributed by atoms with Gasteiger partial charge in [0.1, 0.15) is 0 Å². The smallest absolute Gasteiger partial charge is 0.311 e. The predicted octanol–water partition coefficient (Wildman–Crippen LogP) is 4.41. The SMILES string of the molecule is CN1C(=O)[C@@H](NC(=O)Nc2ccc(Br)cc2)N=C(c2ccccc2)c2ccccc21. The molecule has 7 heteroatoms. The van der Waals surface area contributed by atoms with Gasteiger partial charge in [-0.1, -0.05) is 64.5 Å². The van der Waals surface area contributed by atoms with Crippen molar-refractivity contribution in [3.8, 4) is 0 Å². The number of nitrogens with zero attached hydrogens (tertiary/aromatic N) is 2. The van der Waals surface area contributed by atoms with Crippen molar-refractivity contribution >= 4 is 45.0 Å². The van der Waals surface area contributed by atoms with E-state index in [4.69, 9.17) is 0 Å². The zero-order valence-corrected chi connectivity index (χ0v) is 17.8. The molecule has 0 unspecified atom stereocenters. The van der Waals surface area contributed by atoms with Gasteiger partial charge < -0.3 is 15.5 Å². The average molecular weight is 463 g/mol. The molecular weight excluding hydrogens is 444 g/mol. The molecule has 1 atom stereocenters. The highest BCUT2D eigenvalue weighted by atomic mass is 79.9. The Labute approximate surface area is 182 Å². The number of anilines is 2. The van der Waals surface area contributed by atoms with Crippen LogP contribution in [-0.2, 0) is 4.79 Å². The van der Waals surface area contributed by atoms with Crippen LogP contribution in [0.3, 0.4) is 0 Å². The summed E-state index contributed by atoms with van der Waals surface area (Å²) in [7, 11) is 1.69. The summed E-state index contributed by atoms with van der Waals surface area (Å²) in [5, 5.41) is 5.43. The fourth-order valence-corrected chi connectivity index (χ4v) is 3.53. The maximum Gasteiger partial charge on any atom is 0.321 e. The predicted molar refractivity (Wildman–Crippen MR) is 122 cm³/mol. The maximum absolute atomic E-state index is 13.1. The van der Waals surface area contributed by atoms with Crippen LogP contribution in [-0.4, -0.2) is 30.9 Å². The molecule has 3 amide bonds. The highest BCUT2D eigenvalue weighted by Crippen LogP contribution is 2.27. The van der Waals surface area contributed by atoms with E-state index in [2.05, 4.69) is 31.6 Å². The first-order valence-electron chi connectivity index (χ1n) is 9.36. The van der Waals surface area contributed by atoms with Crippen molar-refractivity contribution in [1.82, 2.24) is 5.32 Å². The Morgan fingerprint density at radius 2 is 1.63 bits per heavy atom. The van der Waals surface area contributed by atoms with Gasteiger partial charge in [0.05, 0.1) is 11.4 Å². The normalized spacial score (nSPS) is 15.7. The Kier molecular flexibility index (Phi) is 5.63. The summed E-state index contributed by atoms with van der Waals surface area (Å²) in [4.78, 5) is 31.8. The van der Waals surface area contributed by atoms with Crippen LogP contribution in [0.1, 0.15) is 11.1 Å². The molecule has 150 valence electrons. The van der Waals surface area contributed by atoms with Crippen LogP contribution in [0.2, 0.25) is 0 Å². The topological polar surface area (TPSA) is 73.8 Å². The molecule has 3 aromatic carbocycles. The van der Waals surface area contributed by atoms with Crippen molar-refractivity contribution < 1.29 is 9.59 Å². The molecule has 1 heterocycles. The molecule has 0 spiro atoms. The van der Waals surface area contributed by atoms with E-state index in [1.54, 1.807) is 19.2 Å². The number of para-hydroxylation sites is 1. The highest BCUT2D eigenvalue weighted by Gasteiger charge is 2.30. The van der Waals surface area contributed by atoms with Crippen molar-refractivity contribution in [3.05, 3.63) is 94.5 Å². The molecule has 0 bridgehead atoms. The lowest BCUT2D eigenvalue weighted by Gasteiger charge is -2.21. The molecule has 1 aliphatic rings. The Balaban J connectivity index is 1.68. The number of amides is 3. The molecule has 2 N–H and O–H groups in total. The first-order chi connectivity index (χ1) is 14.5. The molecule has 0 saturated carbocycles. The number of urea groups is 1. The summed E-state index contributed by atoms with van der Waals surface area (Å²) in [6, 6.07) is 23.9. The van der Waals surface area contributed by atoms with Gasteiger partial charge >= 0.3 is 6.03 Å². The van der Waals surface area contributed by atoms with E-state index in [1.807, 2.05) is 66.7 Å². The summed E-state index contributed by atoms with van der Waals surface area (Å²) in [6.45, 7) is 0. The number of carbonyl (C=O) groups is 2. The lowest BCUT2D eigenvalue weighted by molar-refractivity contribution is -0.119. The molecule has 30 heavy (non-hydrogen) atoms. The van der Waals surface area contributed by atoms with Crippen molar-refractivity contribution in [2.45, 2.75) is 6.17 Å². The molecular formula is C23H19BrN4O2. The van der Waals surface area contributed by atoms with Gasteiger partial charge in [-0.2, -0.15) is 0 Å². The average Bonchev–Trinajstić information content (AvgIpc) is 2.87. The molecule has 0 fully saturated rings. The van der Waals surface area contributed by atoms with Crippen molar-refractivity contribution in [3.63, 3.8) is 0 Å². The third-order valence-electron chi connectivity index (χ3n) is 4.76. The Hall–Kier alpha value is -3.45. The molecule has 4 rings (SSSR count). The quantitative estimate of drug-likeness (QED) is 0.604. The summed E-state index contributed by atoms with van der Waals surface area (Å²) in [5.74, 6) is -0.320. The Morgan fingerprint density at radius 1 is 0.967 bits per heavy atom. The largest absolute Gasteiger partial charge is 0.321 e. The number of rotatable bonds is 3. The zero-order valence-electron chi connectivity index (χ0n) is 16.2. The van der Waals surface area contributed by atoms with Gasteiger partial charge in [-0.25, -0.2) is 9.79 Å². The summed E-state index contributed by atoms with van der Waals surface area (Å²) in [5.41, 5.74) is 3.70. The number of carbonyl (C=O) groups excluding carboxylic acids is 2. The first-order valence-corrected chi connectivity index (χ1v) is 10.2. The molecule has 1 aliphatic heterocycles. The van der Waals surface area contributed by atoms with Crippen LogP contribution in [0.4, 0.5) is 16.2 Å². The number of hydrogen-bond acceptors (Lipinski definition) is 3. The molecule has 0 radical (unpaired) electrons. The fraction of sp³-hybridized carbons (Fsp3) is 0.0870. The van der Waals surface area contributed by atoms with Crippen LogP contribution in [0.15, 0.2) is 88.3 Å². The lowest BCUT2D eigenvalue weighted by Crippen LogP contribution is -2.47. The summed E-state index contributed by atoms with van der Waals surface area (Å²) >= 11 is 3.36. The van der Waals surface area contributed by atoms with Crippen LogP contribution >= 0.6 is 15.9 Å². The van der Waals surface area contributed by atoms with Crippen LogP contribution < -0.4 is 15.5 Å². The van der Waals surface area contributed by atoms with Crippen LogP contribution in [0.5, 0.6) is 0 Å². The number of benzodiazepines with no additional fused rings is 1. The number of hydrogen-bond donors (Lipinski definition) is 2. The minimum Gasteiger partial charge on any atom is -0.311 e. The van der Waals surface area contributed by atoms with Gasteiger partial charge in [0.2, 0.25) is 6.17 Å². The third kappa shape index (κ3) is 4.11. The van der Waals surface area contributed by atoms with E-state index in [-0.39, 0.29) is 5.91 Å². The molecule has 6 nitrogen and oxygen atoms in total.